The lowest BCUT2D eigenvalue weighted by atomic mass is 10.2. The van der Waals surface area contributed by atoms with E-state index in [0.717, 1.165) is 0 Å². The highest BCUT2D eigenvalue weighted by Gasteiger charge is 2.00. The van der Waals surface area contributed by atoms with Crippen LogP contribution in [0.4, 0.5) is 0 Å². The molecule has 2 heteroatoms. The van der Waals surface area contributed by atoms with Crippen molar-refractivity contribution in [1.29, 1.82) is 0 Å². The molecule has 0 rings (SSSR count). The van der Waals surface area contributed by atoms with Gasteiger partial charge in [-0.2, -0.15) is 0 Å². The van der Waals surface area contributed by atoms with Gasteiger partial charge in [0.15, 0.2) is 6.29 Å². The normalized spacial score (nSPS) is 14.1. The molecule has 0 aliphatic carbocycles. The Bertz CT molecular complexity index is 71.7. The molecule has 0 bridgehead atoms. The number of hydrogen-bond donors (Lipinski definition) is 0. The van der Waals surface area contributed by atoms with Gasteiger partial charge in [-0.25, -0.2) is 0 Å². The van der Waals surface area contributed by atoms with Gasteiger partial charge in [0.25, 0.3) is 0 Å². The maximum atomic E-state index is 5.21. The van der Waals surface area contributed by atoms with E-state index in [4.69, 9.17) is 9.47 Å². The summed E-state index contributed by atoms with van der Waals surface area (Å²) in [4.78, 5) is 0. The van der Waals surface area contributed by atoms with E-state index in [9.17, 15) is 0 Å². The molecule has 0 aromatic heterocycles. The van der Waals surface area contributed by atoms with Gasteiger partial charge in [-0.15, -0.1) is 0 Å². The molecule has 0 aromatic rings. The van der Waals surface area contributed by atoms with Gasteiger partial charge in [0.1, 0.15) is 0 Å². The molecule has 61 valence electrons. The molecule has 2 nitrogen and oxygen atoms in total. The van der Waals surface area contributed by atoms with Crippen molar-refractivity contribution in [2.75, 3.05) is 13.2 Å². The van der Waals surface area contributed by atoms with Crippen LogP contribution >= 0.6 is 0 Å². The zero-order chi connectivity index (χ0) is 7.98. The number of ether oxygens (including phenoxy) is 2. The highest BCUT2D eigenvalue weighted by molar-refractivity contribution is 4.46. The second kappa shape index (κ2) is 5.69. The van der Waals surface area contributed by atoms with Crippen LogP contribution in [0.3, 0.4) is 0 Å². The summed E-state index contributed by atoms with van der Waals surface area (Å²) in [5.41, 5.74) is 0. The SMILES string of the molecule is [CH2]C(OCC)OCC(C)C. The van der Waals surface area contributed by atoms with E-state index < -0.39 is 0 Å². The van der Waals surface area contributed by atoms with Crippen LogP contribution in [0.2, 0.25) is 0 Å². The monoisotopic (exact) mass is 145 g/mol. The van der Waals surface area contributed by atoms with Gasteiger partial charge in [0.2, 0.25) is 0 Å². The lowest BCUT2D eigenvalue weighted by molar-refractivity contribution is -0.116. The number of hydrogen-bond acceptors (Lipinski definition) is 2. The van der Waals surface area contributed by atoms with E-state index in [-0.39, 0.29) is 6.29 Å². The van der Waals surface area contributed by atoms with Crippen LogP contribution in [0.15, 0.2) is 0 Å². The summed E-state index contributed by atoms with van der Waals surface area (Å²) < 4.78 is 10.3. The Morgan fingerprint density at radius 1 is 1.30 bits per heavy atom. The maximum Gasteiger partial charge on any atom is 0.157 e. The molecule has 0 aliphatic heterocycles. The molecule has 0 amide bonds. The Hall–Kier alpha value is -0.0800. The third-order valence-corrected chi connectivity index (χ3v) is 0.968. The van der Waals surface area contributed by atoms with Crippen LogP contribution in [-0.2, 0) is 9.47 Å². The molecule has 0 saturated heterocycles. The molecule has 0 saturated carbocycles. The van der Waals surface area contributed by atoms with Crippen molar-refractivity contribution < 1.29 is 9.47 Å². The molecule has 0 heterocycles. The molecule has 1 unspecified atom stereocenters. The topological polar surface area (TPSA) is 18.5 Å². The van der Waals surface area contributed by atoms with E-state index in [0.29, 0.717) is 19.1 Å². The third kappa shape index (κ3) is 6.05. The molecule has 1 atom stereocenters. The predicted octanol–water partition coefficient (Wildman–Crippen LogP) is 1.86. The Balaban J connectivity index is 3.12. The van der Waals surface area contributed by atoms with Crippen LogP contribution < -0.4 is 0 Å². The van der Waals surface area contributed by atoms with Gasteiger partial charge < -0.3 is 9.47 Å². The fourth-order valence-corrected chi connectivity index (χ4v) is 0.534. The summed E-state index contributed by atoms with van der Waals surface area (Å²) in [5.74, 6) is 0.546. The van der Waals surface area contributed by atoms with E-state index in [1.807, 2.05) is 6.92 Å². The van der Waals surface area contributed by atoms with Crippen LogP contribution in [0.1, 0.15) is 20.8 Å². The molecule has 0 spiro atoms. The minimum absolute atomic E-state index is 0.299. The summed E-state index contributed by atoms with van der Waals surface area (Å²) in [6.07, 6.45) is -0.299. The lowest BCUT2D eigenvalue weighted by Gasteiger charge is -2.13. The highest BCUT2D eigenvalue weighted by atomic mass is 16.7. The first-order valence-corrected chi connectivity index (χ1v) is 3.73. The van der Waals surface area contributed by atoms with Crippen molar-refractivity contribution in [3.63, 3.8) is 0 Å². The van der Waals surface area contributed by atoms with Crippen LogP contribution in [0.5, 0.6) is 0 Å². The number of rotatable bonds is 5. The maximum absolute atomic E-state index is 5.21. The van der Waals surface area contributed by atoms with E-state index in [1.54, 1.807) is 0 Å². The Kier molecular flexibility index (Phi) is 5.64. The molecule has 1 radical (unpaired) electrons. The van der Waals surface area contributed by atoms with E-state index in [1.165, 1.54) is 0 Å². The van der Waals surface area contributed by atoms with Crippen molar-refractivity contribution in [1.82, 2.24) is 0 Å². The first-order chi connectivity index (χ1) is 4.66. The van der Waals surface area contributed by atoms with Crippen LogP contribution in [0.25, 0.3) is 0 Å². The second-order valence-corrected chi connectivity index (χ2v) is 2.61. The predicted molar refractivity (Wildman–Crippen MR) is 41.6 cm³/mol. The van der Waals surface area contributed by atoms with Gasteiger partial charge in [0, 0.05) is 13.5 Å². The highest BCUT2D eigenvalue weighted by Crippen LogP contribution is 1.97. The molecular weight excluding hydrogens is 128 g/mol. The quantitative estimate of drug-likeness (QED) is 0.550. The van der Waals surface area contributed by atoms with Crippen molar-refractivity contribution in [3.05, 3.63) is 6.92 Å². The molecule has 0 N–H and O–H groups in total. The fraction of sp³-hybridized carbons (Fsp3) is 0.875. The van der Waals surface area contributed by atoms with E-state index >= 15 is 0 Å². The van der Waals surface area contributed by atoms with Crippen molar-refractivity contribution >= 4 is 0 Å². The van der Waals surface area contributed by atoms with Crippen molar-refractivity contribution in [3.8, 4) is 0 Å². The minimum atomic E-state index is -0.299. The van der Waals surface area contributed by atoms with Crippen LogP contribution in [0, 0.1) is 12.8 Å². The second-order valence-electron chi connectivity index (χ2n) is 2.61. The largest absolute Gasteiger partial charge is 0.353 e. The van der Waals surface area contributed by atoms with E-state index in [2.05, 4.69) is 20.8 Å². The average Bonchev–Trinajstić information content (AvgIpc) is 1.85. The Labute approximate surface area is 63.5 Å². The fourth-order valence-electron chi connectivity index (χ4n) is 0.534. The summed E-state index contributed by atoms with van der Waals surface area (Å²) in [6, 6.07) is 0. The van der Waals surface area contributed by atoms with Crippen LogP contribution in [-0.4, -0.2) is 19.5 Å². The van der Waals surface area contributed by atoms with Gasteiger partial charge >= 0.3 is 0 Å². The summed E-state index contributed by atoms with van der Waals surface area (Å²) in [7, 11) is 0. The molecule has 0 aromatic carbocycles. The summed E-state index contributed by atoms with van der Waals surface area (Å²) >= 11 is 0. The zero-order valence-electron chi connectivity index (χ0n) is 7.09. The lowest BCUT2D eigenvalue weighted by Crippen LogP contribution is -2.16. The molecule has 0 aliphatic rings. The van der Waals surface area contributed by atoms with Gasteiger partial charge in [0.05, 0.1) is 6.61 Å². The standard InChI is InChI=1S/C8H17O2/c1-5-9-8(4)10-6-7(2)3/h7-8H,4-6H2,1-3H3. The first-order valence-electron chi connectivity index (χ1n) is 3.73. The summed E-state index contributed by atoms with van der Waals surface area (Å²) in [5, 5.41) is 0. The molecular formula is C8H17O2. The van der Waals surface area contributed by atoms with Crippen molar-refractivity contribution in [2.45, 2.75) is 27.1 Å². The summed E-state index contributed by atoms with van der Waals surface area (Å²) in [6.45, 7) is 11.1. The molecule has 10 heavy (non-hydrogen) atoms. The minimum Gasteiger partial charge on any atom is -0.353 e. The first kappa shape index (κ1) is 9.92. The average molecular weight is 145 g/mol. The van der Waals surface area contributed by atoms with Gasteiger partial charge in [-0.3, -0.25) is 0 Å². The smallest absolute Gasteiger partial charge is 0.157 e. The molecule has 0 fully saturated rings. The Morgan fingerprint density at radius 3 is 2.30 bits per heavy atom. The Morgan fingerprint density at radius 2 is 1.90 bits per heavy atom. The van der Waals surface area contributed by atoms with Gasteiger partial charge in [-0.1, -0.05) is 13.8 Å². The third-order valence-electron chi connectivity index (χ3n) is 0.968. The van der Waals surface area contributed by atoms with Crippen molar-refractivity contribution in [2.24, 2.45) is 5.92 Å². The van der Waals surface area contributed by atoms with Gasteiger partial charge in [-0.05, 0) is 12.8 Å². The zero-order valence-corrected chi connectivity index (χ0v) is 7.09.